The third-order valence-corrected chi connectivity index (χ3v) is 7.38. The van der Waals surface area contributed by atoms with E-state index in [2.05, 4.69) is 0 Å². The molecule has 1 saturated carbocycles. The number of benzene rings is 1. The largest absolute Gasteiger partial charge is 0.340 e. The fraction of sp³-hybridized carbons (Fsp3) is 0.650. The fourth-order valence-corrected chi connectivity index (χ4v) is 5.25. The number of hydrogen-bond acceptors (Lipinski definition) is 3. The summed E-state index contributed by atoms with van der Waals surface area (Å²) in [7, 11) is -3.42. The summed E-state index contributed by atoms with van der Waals surface area (Å²) in [5.74, 6) is 0.208. The Morgan fingerprint density at radius 1 is 1.00 bits per heavy atom. The monoisotopic (exact) mass is 380 g/mol. The van der Waals surface area contributed by atoms with Crippen molar-refractivity contribution in [1.29, 1.82) is 0 Å². The molecule has 146 valence electrons. The van der Waals surface area contributed by atoms with Crippen LogP contribution in [0.25, 0.3) is 0 Å². The summed E-state index contributed by atoms with van der Waals surface area (Å²) in [6.45, 7) is 7.41. The lowest BCUT2D eigenvalue weighted by molar-refractivity contribution is -0.133. The van der Waals surface area contributed by atoms with E-state index in [4.69, 9.17) is 0 Å². The minimum atomic E-state index is -3.42. The second-order valence-electron chi connectivity index (χ2n) is 6.85. The molecule has 6 heteroatoms. The van der Waals surface area contributed by atoms with E-state index < -0.39 is 10.0 Å². The second-order valence-corrected chi connectivity index (χ2v) is 8.79. The average molecular weight is 381 g/mol. The molecule has 0 N–H and O–H groups in total. The third-order valence-electron chi connectivity index (χ3n) is 5.32. The molecule has 1 fully saturated rings. The van der Waals surface area contributed by atoms with Crippen molar-refractivity contribution < 1.29 is 13.2 Å². The lowest BCUT2D eigenvalue weighted by Gasteiger charge is -2.27. The summed E-state index contributed by atoms with van der Waals surface area (Å²) in [6.07, 6.45) is 5.81. The van der Waals surface area contributed by atoms with Gasteiger partial charge in [0.2, 0.25) is 15.9 Å². The average Bonchev–Trinajstić information content (AvgIpc) is 3.16. The smallest absolute Gasteiger partial charge is 0.243 e. The molecule has 26 heavy (non-hydrogen) atoms. The Morgan fingerprint density at radius 2 is 1.58 bits per heavy atom. The summed E-state index contributed by atoms with van der Waals surface area (Å²) in [6, 6.07) is 7.38. The van der Waals surface area contributed by atoms with Crippen LogP contribution in [0.15, 0.2) is 29.2 Å². The van der Waals surface area contributed by atoms with Gasteiger partial charge in [0.1, 0.15) is 0 Å². The van der Waals surface area contributed by atoms with Gasteiger partial charge in [-0.2, -0.15) is 4.31 Å². The lowest BCUT2D eigenvalue weighted by atomic mass is 10.1. The van der Waals surface area contributed by atoms with E-state index in [1.807, 2.05) is 37.8 Å². The Kier molecular flexibility index (Phi) is 7.65. The van der Waals surface area contributed by atoms with Gasteiger partial charge in [0.15, 0.2) is 0 Å². The summed E-state index contributed by atoms with van der Waals surface area (Å²) >= 11 is 0. The number of amides is 1. The highest BCUT2D eigenvalue weighted by Crippen LogP contribution is 2.24. The maximum absolute atomic E-state index is 12.6. The van der Waals surface area contributed by atoms with Gasteiger partial charge >= 0.3 is 0 Å². The molecule has 1 amide bonds. The van der Waals surface area contributed by atoms with E-state index in [1.165, 1.54) is 17.1 Å². The molecule has 1 aliphatic carbocycles. The zero-order valence-electron chi connectivity index (χ0n) is 16.3. The highest BCUT2D eigenvalue weighted by molar-refractivity contribution is 7.89. The molecule has 5 nitrogen and oxygen atoms in total. The van der Waals surface area contributed by atoms with Gasteiger partial charge in [0.25, 0.3) is 0 Å². The minimum absolute atomic E-state index is 0.208. The van der Waals surface area contributed by atoms with Gasteiger partial charge in [-0.3, -0.25) is 4.79 Å². The van der Waals surface area contributed by atoms with Crippen LogP contribution in [0.5, 0.6) is 0 Å². The Labute approximate surface area is 158 Å². The Balaban J connectivity index is 1.97. The molecule has 1 aromatic carbocycles. The number of sulfonamides is 1. The van der Waals surface area contributed by atoms with E-state index in [0.29, 0.717) is 36.9 Å². The maximum atomic E-state index is 12.6. The van der Waals surface area contributed by atoms with E-state index >= 15 is 0 Å². The summed E-state index contributed by atoms with van der Waals surface area (Å²) < 4.78 is 26.5. The first-order valence-electron chi connectivity index (χ1n) is 9.82. The van der Waals surface area contributed by atoms with Crippen molar-refractivity contribution in [1.82, 2.24) is 9.21 Å². The van der Waals surface area contributed by atoms with Crippen molar-refractivity contribution in [2.24, 2.45) is 0 Å². The molecule has 2 rings (SSSR count). The maximum Gasteiger partial charge on any atom is 0.243 e. The van der Waals surface area contributed by atoms with Crippen LogP contribution < -0.4 is 0 Å². The molecule has 0 aliphatic heterocycles. The number of carbonyl (C=O) groups is 1. The predicted octanol–water partition coefficient (Wildman–Crippen LogP) is 3.44. The molecule has 0 saturated heterocycles. The first-order valence-corrected chi connectivity index (χ1v) is 11.3. The van der Waals surface area contributed by atoms with Crippen LogP contribution in [0.3, 0.4) is 0 Å². The van der Waals surface area contributed by atoms with E-state index in [1.54, 1.807) is 12.1 Å². The number of hydrogen-bond donors (Lipinski definition) is 0. The van der Waals surface area contributed by atoms with Crippen molar-refractivity contribution >= 4 is 15.9 Å². The van der Waals surface area contributed by atoms with Crippen LogP contribution in [-0.4, -0.2) is 49.2 Å². The molecule has 0 atom stereocenters. The van der Waals surface area contributed by atoms with Gasteiger partial charge in [-0.05, 0) is 43.9 Å². The zero-order valence-corrected chi connectivity index (χ0v) is 17.1. The number of carbonyl (C=O) groups excluding carboxylic acids is 1. The fourth-order valence-electron chi connectivity index (χ4n) is 3.79. The second kappa shape index (κ2) is 9.51. The molecule has 0 unspecified atom stereocenters. The van der Waals surface area contributed by atoms with Gasteiger partial charge in [0.05, 0.1) is 4.90 Å². The summed E-state index contributed by atoms with van der Waals surface area (Å²) in [5.41, 5.74) is 0.999. The molecular weight excluding hydrogens is 348 g/mol. The van der Waals surface area contributed by atoms with Crippen molar-refractivity contribution in [3.63, 3.8) is 0 Å². The van der Waals surface area contributed by atoms with Gasteiger partial charge in [0, 0.05) is 32.1 Å². The molecule has 0 bridgehead atoms. The molecule has 1 aliphatic rings. The molecule has 1 aromatic rings. The number of aryl methyl sites for hydroxylation is 1. The van der Waals surface area contributed by atoms with E-state index in [-0.39, 0.29) is 5.91 Å². The number of rotatable bonds is 9. The van der Waals surface area contributed by atoms with Crippen LogP contribution in [0.1, 0.15) is 58.4 Å². The van der Waals surface area contributed by atoms with Gasteiger partial charge < -0.3 is 4.90 Å². The van der Waals surface area contributed by atoms with Gasteiger partial charge in [-0.1, -0.05) is 38.8 Å². The Hall–Kier alpha value is -1.40. The van der Waals surface area contributed by atoms with Crippen LogP contribution in [0.2, 0.25) is 0 Å². The van der Waals surface area contributed by atoms with Crippen molar-refractivity contribution in [2.45, 2.75) is 70.2 Å². The molecule has 0 aromatic heterocycles. The van der Waals surface area contributed by atoms with Crippen LogP contribution in [0, 0.1) is 0 Å². The van der Waals surface area contributed by atoms with E-state index in [9.17, 15) is 13.2 Å². The quantitative estimate of drug-likeness (QED) is 0.659. The van der Waals surface area contributed by atoms with Crippen LogP contribution >= 0.6 is 0 Å². The van der Waals surface area contributed by atoms with Crippen molar-refractivity contribution in [3.8, 4) is 0 Å². The molecular formula is C20H32N2O3S. The highest BCUT2D eigenvalue weighted by atomic mass is 32.2. The number of nitrogens with zero attached hydrogens (tertiary/aromatic N) is 2. The van der Waals surface area contributed by atoms with Gasteiger partial charge in [-0.15, -0.1) is 0 Å². The van der Waals surface area contributed by atoms with Gasteiger partial charge in [-0.25, -0.2) is 8.42 Å². The van der Waals surface area contributed by atoms with Crippen molar-refractivity contribution in [2.75, 3.05) is 19.6 Å². The Morgan fingerprint density at radius 3 is 2.08 bits per heavy atom. The van der Waals surface area contributed by atoms with E-state index in [0.717, 1.165) is 24.9 Å². The molecule has 0 heterocycles. The lowest BCUT2D eigenvalue weighted by Crippen LogP contribution is -2.38. The van der Waals surface area contributed by atoms with Crippen molar-refractivity contribution in [3.05, 3.63) is 29.8 Å². The minimum Gasteiger partial charge on any atom is -0.340 e. The first-order chi connectivity index (χ1) is 12.4. The normalized spacial score (nSPS) is 15.5. The SMILES string of the molecule is CCN(C(=O)CCc1ccc(S(=O)(=O)N(CC)CC)cc1)C1CCCC1. The molecule has 0 radical (unpaired) electrons. The topological polar surface area (TPSA) is 57.7 Å². The summed E-state index contributed by atoms with van der Waals surface area (Å²) in [5, 5.41) is 0. The first kappa shape index (κ1) is 20.9. The molecule has 0 spiro atoms. The standard InChI is InChI=1S/C20H32N2O3S/c1-4-21(5-2)26(24,25)19-14-11-17(12-15-19)13-16-20(23)22(6-3)18-9-7-8-10-18/h11-12,14-15,18H,4-10,13,16H2,1-3H3. The zero-order chi connectivity index (χ0) is 19.2. The third kappa shape index (κ3) is 4.86. The van der Waals surface area contributed by atoms with Crippen LogP contribution in [0.4, 0.5) is 0 Å². The Bertz CT molecular complexity index is 676. The van der Waals surface area contributed by atoms with Crippen LogP contribution in [-0.2, 0) is 21.2 Å². The highest BCUT2D eigenvalue weighted by Gasteiger charge is 2.25. The summed E-state index contributed by atoms with van der Waals surface area (Å²) in [4.78, 5) is 14.9. The predicted molar refractivity (Wildman–Crippen MR) is 105 cm³/mol.